The summed E-state index contributed by atoms with van der Waals surface area (Å²) >= 11 is 1.23. The third-order valence-corrected chi connectivity index (χ3v) is 5.81. The third kappa shape index (κ3) is 5.27. The number of nitrogens with zero attached hydrogens (tertiary/aromatic N) is 2. The van der Waals surface area contributed by atoms with Crippen molar-refractivity contribution in [3.8, 4) is 0 Å². The molecule has 154 valence electrons. The number of aromatic nitrogens is 1. The summed E-state index contributed by atoms with van der Waals surface area (Å²) in [7, 11) is 0. The fraction of sp³-hybridized carbons (Fsp3) is 0.381. The summed E-state index contributed by atoms with van der Waals surface area (Å²) in [6, 6.07) is 9.59. The van der Waals surface area contributed by atoms with Gasteiger partial charge in [0.2, 0.25) is 5.91 Å². The maximum absolute atomic E-state index is 12.7. The normalized spacial score (nSPS) is 15.1. The number of nitrogens with one attached hydrogen (secondary N) is 1. The van der Waals surface area contributed by atoms with Gasteiger partial charge in [0.1, 0.15) is 5.03 Å². The van der Waals surface area contributed by atoms with Gasteiger partial charge in [0, 0.05) is 30.2 Å². The molecule has 0 unspecified atom stereocenters. The first-order valence-corrected chi connectivity index (χ1v) is 10.4. The maximum Gasteiger partial charge on any atom is 0.251 e. The highest BCUT2D eigenvalue weighted by Gasteiger charge is 2.21. The number of hydrogen-bond acceptors (Lipinski definition) is 6. The van der Waals surface area contributed by atoms with Crippen LogP contribution in [-0.2, 0) is 9.53 Å². The molecule has 0 saturated carbocycles. The number of hydrogen-bond donors (Lipinski definition) is 2. The monoisotopic (exact) mass is 414 g/mol. The van der Waals surface area contributed by atoms with Crippen molar-refractivity contribution in [3.05, 3.63) is 47.2 Å². The van der Waals surface area contributed by atoms with Crippen molar-refractivity contribution in [1.82, 2.24) is 4.98 Å². The SMILES string of the molecule is Cc1cc(C)c(C(N)=O)c(S[C@@H](C)C(=O)Nc2ccc(N3CCOCC3)cc2)n1. The quantitative estimate of drug-likeness (QED) is 0.706. The lowest BCUT2D eigenvalue weighted by molar-refractivity contribution is -0.115. The first-order valence-electron chi connectivity index (χ1n) is 9.53. The summed E-state index contributed by atoms with van der Waals surface area (Å²) in [5.74, 6) is -0.700. The number of nitrogens with two attached hydrogens (primary N) is 1. The molecule has 8 heteroatoms. The highest BCUT2D eigenvalue weighted by atomic mass is 32.2. The molecule has 3 rings (SSSR count). The zero-order valence-corrected chi connectivity index (χ0v) is 17.7. The van der Waals surface area contributed by atoms with Gasteiger partial charge in [-0.05, 0) is 56.7 Å². The number of ether oxygens (including phenoxy) is 1. The highest BCUT2D eigenvalue weighted by Crippen LogP contribution is 2.28. The number of anilines is 2. The van der Waals surface area contributed by atoms with E-state index in [9.17, 15) is 9.59 Å². The molecule has 1 aromatic carbocycles. The van der Waals surface area contributed by atoms with Crippen LogP contribution in [0.5, 0.6) is 0 Å². The number of morpholine rings is 1. The molecule has 7 nitrogen and oxygen atoms in total. The molecule has 0 spiro atoms. The van der Waals surface area contributed by atoms with E-state index in [-0.39, 0.29) is 5.91 Å². The van der Waals surface area contributed by atoms with Crippen LogP contribution in [0, 0.1) is 13.8 Å². The van der Waals surface area contributed by atoms with Crippen LogP contribution in [0.1, 0.15) is 28.5 Å². The molecule has 1 fully saturated rings. The lowest BCUT2D eigenvalue weighted by Crippen LogP contribution is -2.36. The average molecular weight is 415 g/mol. The first-order chi connectivity index (χ1) is 13.8. The Morgan fingerprint density at radius 1 is 1.21 bits per heavy atom. The standard InChI is InChI=1S/C21H26N4O3S/c1-13-12-14(2)23-21(18(13)19(22)26)29-15(3)20(27)24-16-4-6-17(7-5-16)25-8-10-28-11-9-25/h4-7,12,15H,8-11H2,1-3H3,(H2,22,26)(H,24,27)/t15-/m0/s1. The summed E-state index contributed by atoms with van der Waals surface area (Å²) in [5, 5.41) is 2.97. The lowest BCUT2D eigenvalue weighted by atomic mass is 10.1. The van der Waals surface area contributed by atoms with Gasteiger partial charge in [-0.15, -0.1) is 0 Å². The zero-order valence-electron chi connectivity index (χ0n) is 16.9. The lowest BCUT2D eigenvalue weighted by Gasteiger charge is -2.28. The van der Waals surface area contributed by atoms with Crippen LogP contribution >= 0.6 is 11.8 Å². The van der Waals surface area contributed by atoms with Gasteiger partial charge in [0.05, 0.1) is 24.0 Å². The molecule has 1 atom stereocenters. The van der Waals surface area contributed by atoms with E-state index in [1.54, 1.807) is 6.92 Å². The Bertz CT molecular complexity index is 896. The topological polar surface area (TPSA) is 97.5 Å². The third-order valence-electron chi connectivity index (χ3n) is 4.73. The molecular formula is C21H26N4O3S. The number of rotatable bonds is 6. The molecule has 3 N–H and O–H groups in total. The summed E-state index contributed by atoms with van der Waals surface area (Å²) in [5.41, 5.74) is 9.26. The van der Waals surface area contributed by atoms with Crippen molar-refractivity contribution in [2.75, 3.05) is 36.5 Å². The van der Waals surface area contributed by atoms with E-state index >= 15 is 0 Å². The largest absolute Gasteiger partial charge is 0.378 e. The van der Waals surface area contributed by atoms with Crippen molar-refractivity contribution in [2.45, 2.75) is 31.0 Å². The van der Waals surface area contributed by atoms with Crippen LogP contribution in [-0.4, -0.2) is 48.4 Å². The maximum atomic E-state index is 12.7. The Balaban J connectivity index is 1.66. The first kappa shape index (κ1) is 21.1. The van der Waals surface area contributed by atoms with Crippen LogP contribution in [0.25, 0.3) is 0 Å². The van der Waals surface area contributed by atoms with Crippen LogP contribution in [0.4, 0.5) is 11.4 Å². The number of thioether (sulfide) groups is 1. The summed E-state index contributed by atoms with van der Waals surface area (Å²) in [4.78, 5) is 31.1. The molecule has 0 aliphatic carbocycles. The number of primary amides is 1. The second kappa shape index (κ2) is 9.28. The number of carbonyl (C=O) groups is 2. The Morgan fingerprint density at radius 2 is 1.86 bits per heavy atom. The van der Waals surface area contributed by atoms with Gasteiger partial charge in [-0.2, -0.15) is 0 Å². The second-order valence-electron chi connectivity index (χ2n) is 7.02. The van der Waals surface area contributed by atoms with E-state index < -0.39 is 11.2 Å². The van der Waals surface area contributed by atoms with E-state index in [0.717, 1.165) is 48.9 Å². The Morgan fingerprint density at radius 3 is 2.48 bits per heavy atom. The van der Waals surface area contributed by atoms with Crippen LogP contribution < -0.4 is 16.0 Å². The van der Waals surface area contributed by atoms with Gasteiger partial charge >= 0.3 is 0 Å². The molecule has 2 aromatic rings. The van der Waals surface area contributed by atoms with Crippen molar-refractivity contribution in [1.29, 1.82) is 0 Å². The van der Waals surface area contributed by atoms with Gasteiger partial charge < -0.3 is 20.7 Å². The fourth-order valence-corrected chi connectivity index (χ4v) is 4.31. The molecule has 1 aromatic heterocycles. The molecule has 0 radical (unpaired) electrons. The molecule has 1 aliphatic heterocycles. The van der Waals surface area contributed by atoms with Gasteiger partial charge in [-0.1, -0.05) is 11.8 Å². The van der Waals surface area contributed by atoms with Crippen LogP contribution in [0.15, 0.2) is 35.4 Å². The minimum absolute atomic E-state index is 0.162. The van der Waals surface area contributed by atoms with Gasteiger partial charge in [0.15, 0.2) is 0 Å². The minimum atomic E-state index is -0.538. The van der Waals surface area contributed by atoms with Crippen LogP contribution in [0.3, 0.4) is 0 Å². The summed E-state index contributed by atoms with van der Waals surface area (Å²) in [6.45, 7) is 8.64. The molecule has 29 heavy (non-hydrogen) atoms. The highest BCUT2D eigenvalue weighted by molar-refractivity contribution is 8.00. The molecule has 1 saturated heterocycles. The minimum Gasteiger partial charge on any atom is -0.378 e. The van der Waals surface area contributed by atoms with Crippen molar-refractivity contribution in [3.63, 3.8) is 0 Å². The molecule has 0 bridgehead atoms. The number of amides is 2. The number of benzene rings is 1. The Kier molecular flexibility index (Phi) is 6.76. The van der Waals surface area contributed by atoms with E-state index in [0.29, 0.717) is 10.6 Å². The summed E-state index contributed by atoms with van der Waals surface area (Å²) in [6.07, 6.45) is 0. The molecular weight excluding hydrogens is 388 g/mol. The average Bonchev–Trinajstić information content (AvgIpc) is 2.68. The fourth-order valence-electron chi connectivity index (χ4n) is 3.23. The number of pyridine rings is 1. The van der Waals surface area contributed by atoms with Crippen molar-refractivity contribution >= 4 is 35.0 Å². The Labute approximate surface area is 175 Å². The smallest absolute Gasteiger partial charge is 0.251 e. The summed E-state index contributed by atoms with van der Waals surface area (Å²) < 4.78 is 5.38. The number of carbonyl (C=O) groups excluding carboxylic acids is 2. The van der Waals surface area contributed by atoms with Gasteiger partial charge in [-0.25, -0.2) is 4.98 Å². The van der Waals surface area contributed by atoms with Crippen LogP contribution in [0.2, 0.25) is 0 Å². The van der Waals surface area contributed by atoms with Gasteiger partial charge in [0.25, 0.3) is 5.91 Å². The van der Waals surface area contributed by atoms with E-state index in [1.165, 1.54) is 11.8 Å². The molecule has 2 heterocycles. The van der Waals surface area contributed by atoms with Gasteiger partial charge in [-0.3, -0.25) is 9.59 Å². The predicted octanol–water partition coefficient (Wildman–Crippen LogP) is 2.75. The van der Waals surface area contributed by atoms with E-state index in [4.69, 9.17) is 10.5 Å². The van der Waals surface area contributed by atoms with Crippen molar-refractivity contribution < 1.29 is 14.3 Å². The van der Waals surface area contributed by atoms with E-state index in [2.05, 4.69) is 15.2 Å². The second-order valence-corrected chi connectivity index (χ2v) is 8.35. The molecule has 2 amide bonds. The van der Waals surface area contributed by atoms with Crippen molar-refractivity contribution in [2.24, 2.45) is 5.73 Å². The molecule has 1 aliphatic rings. The predicted molar refractivity (Wildman–Crippen MR) is 116 cm³/mol. The Hall–Kier alpha value is -2.58. The zero-order chi connectivity index (χ0) is 21.0. The van der Waals surface area contributed by atoms with E-state index in [1.807, 2.05) is 44.2 Å². The number of aryl methyl sites for hydroxylation is 2.